The van der Waals surface area contributed by atoms with Crippen molar-refractivity contribution in [3.63, 3.8) is 0 Å². The first-order chi connectivity index (χ1) is 10.0. The number of rotatable bonds is 3. The van der Waals surface area contributed by atoms with Gasteiger partial charge in [-0.1, -0.05) is 30.3 Å². The lowest BCUT2D eigenvalue weighted by atomic mass is 9.95. The average molecular weight is 348 g/mol. The van der Waals surface area contributed by atoms with Crippen molar-refractivity contribution in [3.05, 3.63) is 63.9 Å². The van der Waals surface area contributed by atoms with Gasteiger partial charge >= 0.3 is 0 Å². The molecule has 0 spiro atoms. The van der Waals surface area contributed by atoms with Crippen LogP contribution in [0.3, 0.4) is 0 Å². The second-order valence-corrected chi connectivity index (χ2v) is 6.34. The fourth-order valence-electron chi connectivity index (χ4n) is 2.55. The Morgan fingerprint density at radius 3 is 2.52 bits per heavy atom. The predicted octanol–water partition coefficient (Wildman–Crippen LogP) is 4.57. The number of nitrogens with one attached hydrogen (secondary N) is 1. The zero-order chi connectivity index (χ0) is 15.0. The zero-order valence-electron chi connectivity index (χ0n) is 11.6. The summed E-state index contributed by atoms with van der Waals surface area (Å²) in [6, 6.07) is 12.8. The number of amides is 1. The average Bonchev–Trinajstić information content (AvgIpc) is 3.27. The Balaban J connectivity index is 1.86. The monoisotopic (exact) mass is 347 g/mol. The Hall–Kier alpha value is -1.68. The molecule has 0 bridgehead atoms. The molecule has 21 heavy (non-hydrogen) atoms. The molecule has 108 valence electrons. The summed E-state index contributed by atoms with van der Waals surface area (Å²) < 4.78 is 14.1. The van der Waals surface area contributed by atoms with Gasteiger partial charge in [-0.05, 0) is 59.0 Å². The number of halogens is 2. The first kappa shape index (κ1) is 14.3. The van der Waals surface area contributed by atoms with E-state index in [-0.39, 0.29) is 11.7 Å². The maximum atomic E-state index is 13.6. The number of benzene rings is 2. The topological polar surface area (TPSA) is 29.1 Å². The van der Waals surface area contributed by atoms with Crippen LogP contribution in [0, 0.1) is 12.7 Å². The molecule has 2 nitrogen and oxygen atoms in total. The van der Waals surface area contributed by atoms with E-state index in [1.807, 2.05) is 37.3 Å². The normalized spacial score (nSPS) is 15.6. The van der Waals surface area contributed by atoms with Gasteiger partial charge in [0.25, 0.3) is 0 Å². The Morgan fingerprint density at radius 1 is 1.24 bits per heavy atom. The van der Waals surface area contributed by atoms with Gasteiger partial charge in [-0.25, -0.2) is 4.39 Å². The molecule has 0 radical (unpaired) electrons. The van der Waals surface area contributed by atoms with Crippen LogP contribution in [0.15, 0.2) is 46.9 Å². The summed E-state index contributed by atoms with van der Waals surface area (Å²) in [5, 5.41) is 2.88. The SMILES string of the molecule is Cc1cc(Br)c(F)cc1NC(=O)C1(c2ccccc2)CC1. The number of hydrogen-bond donors (Lipinski definition) is 1. The number of carbonyl (C=O) groups excluding carboxylic acids is 1. The molecular weight excluding hydrogens is 333 g/mol. The Morgan fingerprint density at radius 2 is 1.90 bits per heavy atom. The van der Waals surface area contributed by atoms with Crippen LogP contribution < -0.4 is 5.32 Å². The lowest BCUT2D eigenvalue weighted by molar-refractivity contribution is -0.118. The van der Waals surface area contributed by atoms with Gasteiger partial charge in [0.05, 0.1) is 9.89 Å². The zero-order valence-corrected chi connectivity index (χ0v) is 13.2. The summed E-state index contributed by atoms with van der Waals surface area (Å²) in [6.45, 7) is 1.85. The van der Waals surface area contributed by atoms with Crippen molar-refractivity contribution in [2.24, 2.45) is 0 Å². The Bertz CT molecular complexity index is 695. The van der Waals surface area contributed by atoms with Crippen LogP contribution in [0.1, 0.15) is 24.0 Å². The van der Waals surface area contributed by atoms with Crippen LogP contribution in [0.25, 0.3) is 0 Å². The van der Waals surface area contributed by atoms with Crippen molar-refractivity contribution in [2.45, 2.75) is 25.2 Å². The van der Waals surface area contributed by atoms with Crippen molar-refractivity contribution >= 4 is 27.5 Å². The highest BCUT2D eigenvalue weighted by atomic mass is 79.9. The van der Waals surface area contributed by atoms with Crippen molar-refractivity contribution in [3.8, 4) is 0 Å². The summed E-state index contributed by atoms with van der Waals surface area (Å²) in [7, 11) is 0. The molecule has 1 aliphatic rings. The fraction of sp³-hybridized carbons (Fsp3) is 0.235. The summed E-state index contributed by atoms with van der Waals surface area (Å²) in [5.41, 5.74) is 1.94. The van der Waals surface area contributed by atoms with E-state index in [1.54, 1.807) is 6.07 Å². The molecule has 0 unspecified atom stereocenters. The Labute approximate surface area is 131 Å². The maximum absolute atomic E-state index is 13.6. The minimum atomic E-state index is -0.447. The van der Waals surface area contributed by atoms with E-state index < -0.39 is 5.41 Å². The van der Waals surface area contributed by atoms with Crippen molar-refractivity contribution in [1.82, 2.24) is 0 Å². The van der Waals surface area contributed by atoms with Gasteiger partial charge in [0.15, 0.2) is 0 Å². The van der Waals surface area contributed by atoms with E-state index in [1.165, 1.54) is 6.07 Å². The lowest BCUT2D eigenvalue weighted by Gasteiger charge is -2.17. The van der Waals surface area contributed by atoms with Gasteiger partial charge in [-0.15, -0.1) is 0 Å². The molecule has 0 saturated heterocycles. The largest absolute Gasteiger partial charge is 0.325 e. The number of aryl methyl sites for hydroxylation is 1. The highest BCUT2D eigenvalue weighted by Gasteiger charge is 2.51. The van der Waals surface area contributed by atoms with Crippen molar-refractivity contribution in [1.29, 1.82) is 0 Å². The minimum absolute atomic E-state index is 0.0569. The first-order valence-corrected chi connectivity index (χ1v) is 7.65. The smallest absolute Gasteiger partial charge is 0.235 e. The highest BCUT2D eigenvalue weighted by molar-refractivity contribution is 9.10. The van der Waals surface area contributed by atoms with Gasteiger partial charge in [-0.3, -0.25) is 4.79 Å². The molecule has 0 aliphatic heterocycles. The summed E-state index contributed by atoms with van der Waals surface area (Å²) in [6.07, 6.45) is 1.67. The molecule has 2 aromatic carbocycles. The van der Waals surface area contributed by atoms with Crippen LogP contribution in [0.4, 0.5) is 10.1 Å². The van der Waals surface area contributed by atoms with E-state index in [0.717, 1.165) is 24.0 Å². The Kier molecular flexibility index (Phi) is 3.57. The van der Waals surface area contributed by atoms with Crippen LogP contribution in [0.2, 0.25) is 0 Å². The molecule has 0 heterocycles. The molecule has 4 heteroatoms. The molecule has 3 rings (SSSR count). The van der Waals surface area contributed by atoms with Crippen LogP contribution in [-0.4, -0.2) is 5.91 Å². The van der Waals surface area contributed by atoms with E-state index in [4.69, 9.17) is 0 Å². The first-order valence-electron chi connectivity index (χ1n) is 6.85. The number of anilines is 1. The minimum Gasteiger partial charge on any atom is -0.325 e. The fourth-order valence-corrected chi connectivity index (χ4v) is 3.01. The third kappa shape index (κ3) is 2.60. The molecule has 1 fully saturated rings. The van der Waals surface area contributed by atoms with Gasteiger partial charge in [-0.2, -0.15) is 0 Å². The third-order valence-corrected chi connectivity index (χ3v) is 4.63. The van der Waals surface area contributed by atoms with Crippen LogP contribution >= 0.6 is 15.9 Å². The lowest BCUT2D eigenvalue weighted by Crippen LogP contribution is -2.28. The van der Waals surface area contributed by atoms with E-state index in [9.17, 15) is 9.18 Å². The van der Waals surface area contributed by atoms with Crippen molar-refractivity contribution in [2.75, 3.05) is 5.32 Å². The number of carbonyl (C=O) groups is 1. The maximum Gasteiger partial charge on any atom is 0.235 e. The molecule has 1 saturated carbocycles. The van der Waals surface area contributed by atoms with E-state index >= 15 is 0 Å². The third-order valence-electron chi connectivity index (χ3n) is 4.03. The summed E-state index contributed by atoms with van der Waals surface area (Å²) in [5.74, 6) is -0.431. The standard InChI is InChI=1S/C17H15BrFNO/c1-11-9-13(18)14(19)10-15(11)20-16(21)17(7-8-17)12-5-3-2-4-6-12/h2-6,9-10H,7-8H2,1H3,(H,20,21). The number of hydrogen-bond acceptors (Lipinski definition) is 1. The van der Waals surface area contributed by atoms with E-state index in [0.29, 0.717) is 10.2 Å². The molecule has 1 amide bonds. The molecule has 2 aromatic rings. The predicted molar refractivity (Wildman–Crippen MR) is 84.8 cm³/mol. The molecule has 1 aliphatic carbocycles. The summed E-state index contributed by atoms with van der Waals surface area (Å²) >= 11 is 3.15. The highest BCUT2D eigenvalue weighted by Crippen LogP contribution is 2.49. The van der Waals surface area contributed by atoms with Crippen molar-refractivity contribution < 1.29 is 9.18 Å². The van der Waals surface area contributed by atoms with Gasteiger partial charge in [0, 0.05) is 5.69 Å². The van der Waals surface area contributed by atoms with Crippen LogP contribution in [-0.2, 0) is 10.2 Å². The molecule has 0 atom stereocenters. The van der Waals surface area contributed by atoms with Gasteiger partial charge in [0.1, 0.15) is 5.82 Å². The second-order valence-electron chi connectivity index (χ2n) is 5.48. The molecular formula is C17H15BrFNO. The second kappa shape index (κ2) is 5.26. The quantitative estimate of drug-likeness (QED) is 0.865. The van der Waals surface area contributed by atoms with E-state index in [2.05, 4.69) is 21.2 Å². The van der Waals surface area contributed by atoms with Crippen LogP contribution in [0.5, 0.6) is 0 Å². The molecule has 1 N–H and O–H groups in total. The summed E-state index contributed by atoms with van der Waals surface area (Å²) in [4.78, 5) is 12.6. The molecule has 0 aromatic heterocycles. The van der Waals surface area contributed by atoms with Gasteiger partial charge < -0.3 is 5.32 Å². The van der Waals surface area contributed by atoms with Gasteiger partial charge in [0.2, 0.25) is 5.91 Å².